The van der Waals surface area contributed by atoms with E-state index in [4.69, 9.17) is 13.6 Å². The standard InChI is InChI=1S/C14H19F5O3Si/c1-4-21-23(3,22-5-2)8-6-7-20-14-12(18)10(16)9(15)11(17)13(14)19/h4-8H2,1-3H3. The van der Waals surface area contributed by atoms with Gasteiger partial charge in [0.05, 0.1) is 6.61 Å². The van der Waals surface area contributed by atoms with Gasteiger partial charge in [0.2, 0.25) is 29.1 Å². The van der Waals surface area contributed by atoms with Crippen LogP contribution in [0, 0.1) is 29.1 Å². The van der Waals surface area contributed by atoms with Gasteiger partial charge in [0.25, 0.3) is 0 Å². The van der Waals surface area contributed by atoms with Crippen molar-refractivity contribution in [3.8, 4) is 5.75 Å². The predicted octanol–water partition coefficient (Wildman–Crippen LogP) is 4.30. The molecule has 0 N–H and O–H groups in total. The molecule has 0 fully saturated rings. The fraction of sp³-hybridized carbons (Fsp3) is 0.571. The van der Waals surface area contributed by atoms with Crippen LogP contribution < -0.4 is 4.74 Å². The Kier molecular flexibility index (Phi) is 7.42. The van der Waals surface area contributed by atoms with Crippen LogP contribution in [0.15, 0.2) is 0 Å². The van der Waals surface area contributed by atoms with Gasteiger partial charge >= 0.3 is 8.56 Å². The van der Waals surface area contributed by atoms with Crippen molar-refractivity contribution in [3.05, 3.63) is 29.1 Å². The Morgan fingerprint density at radius 1 is 0.783 bits per heavy atom. The van der Waals surface area contributed by atoms with Crippen molar-refractivity contribution < 1.29 is 35.5 Å². The highest BCUT2D eigenvalue weighted by molar-refractivity contribution is 6.66. The molecule has 132 valence electrons. The molecule has 0 saturated carbocycles. The molecule has 1 rings (SSSR count). The second kappa shape index (κ2) is 8.60. The third-order valence-corrected chi connectivity index (χ3v) is 6.15. The van der Waals surface area contributed by atoms with E-state index >= 15 is 0 Å². The first-order valence-electron chi connectivity index (χ1n) is 7.19. The highest BCUT2D eigenvalue weighted by Crippen LogP contribution is 2.29. The Hall–Kier alpha value is -1.19. The molecule has 0 radical (unpaired) electrons. The lowest BCUT2D eigenvalue weighted by molar-refractivity contribution is 0.184. The molecule has 0 saturated heterocycles. The van der Waals surface area contributed by atoms with Gasteiger partial charge in [0, 0.05) is 13.2 Å². The third-order valence-electron chi connectivity index (χ3n) is 3.09. The van der Waals surface area contributed by atoms with Crippen LogP contribution in [0.2, 0.25) is 12.6 Å². The van der Waals surface area contributed by atoms with Crippen molar-refractivity contribution in [2.45, 2.75) is 32.9 Å². The molecule has 3 nitrogen and oxygen atoms in total. The van der Waals surface area contributed by atoms with E-state index in [1.807, 2.05) is 20.4 Å². The Balaban J connectivity index is 2.70. The molecular weight excluding hydrogens is 339 g/mol. The largest absolute Gasteiger partial charge is 0.487 e. The molecule has 0 heterocycles. The van der Waals surface area contributed by atoms with Gasteiger partial charge < -0.3 is 13.6 Å². The molecule has 0 aliphatic carbocycles. The first-order valence-corrected chi connectivity index (χ1v) is 9.71. The number of ether oxygens (including phenoxy) is 1. The molecule has 0 amide bonds. The first-order chi connectivity index (χ1) is 10.8. The van der Waals surface area contributed by atoms with E-state index in [-0.39, 0.29) is 6.61 Å². The smallest absolute Gasteiger partial charge is 0.335 e. The predicted molar refractivity (Wildman–Crippen MR) is 76.0 cm³/mol. The molecule has 23 heavy (non-hydrogen) atoms. The lowest BCUT2D eigenvalue weighted by atomic mass is 10.2. The fourth-order valence-corrected chi connectivity index (χ4v) is 4.46. The summed E-state index contributed by atoms with van der Waals surface area (Å²) in [4.78, 5) is 0. The van der Waals surface area contributed by atoms with Gasteiger partial charge in [-0.1, -0.05) is 0 Å². The van der Waals surface area contributed by atoms with Crippen LogP contribution in [0.25, 0.3) is 0 Å². The van der Waals surface area contributed by atoms with Crippen molar-refractivity contribution in [1.29, 1.82) is 0 Å². The SMILES string of the molecule is CCO[Si](C)(CCCOc1c(F)c(F)c(F)c(F)c1F)OCC. The van der Waals surface area contributed by atoms with Crippen molar-refractivity contribution >= 4 is 8.56 Å². The van der Waals surface area contributed by atoms with E-state index in [0.717, 1.165) is 0 Å². The average molecular weight is 358 g/mol. The van der Waals surface area contributed by atoms with Gasteiger partial charge in [0.1, 0.15) is 0 Å². The topological polar surface area (TPSA) is 27.7 Å². The molecule has 9 heteroatoms. The van der Waals surface area contributed by atoms with Crippen LogP contribution in [0.5, 0.6) is 5.75 Å². The van der Waals surface area contributed by atoms with Gasteiger partial charge in [-0.2, -0.15) is 8.78 Å². The molecule has 0 aliphatic heterocycles. The van der Waals surface area contributed by atoms with Gasteiger partial charge in [-0.25, -0.2) is 13.2 Å². The number of rotatable bonds is 9. The van der Waals surface area contributed by atoms with Crippen LogP contribution >= 0.6 is 0 Å². The normalized spacial score (nSPS) is 11.8. The maximum absolute atomic E-state index is 13.4. The van der Waals surface area contributed by atoms with Gasteiger partial charge in [0.15, 0.2) is 5.75 Å². The van der Waals surface area contributed by atoms with Crippen molar-refractivity contribution in [3.63, 3.8) is 0 Å². The molecule has 1 aromatic carbocycles. The maximum Gasteiger partial charge on any atom is 0.335 e. The second-order valence-corrected chi connectivity index (χ2v) is 8.20. The summed E-state index contributed by atoms with van der Waals surface area (Å²) in [7, 11) is -2.42. The maximum atomic E-state index is 13.4. The summed E-state index contributed by atoms with van der Waals surface area (Å²) >= 11 is 0. The monoisotopic (exact) mass is 358 g/mol. The highest BCUT2D eigenvalue weighted by atomic mass is 28.4. The van der Waals surface area contributed by atoms with E-state index in [1.165, 1.54) is 0 Å². The Morgan fingerprint density at radius 3 is 1.65 bits per heavy atom. The van der Waals surface area contributed by atoms with E-state index < -0.39 is 43.4 Å². The van der Waals surface area contributed by atoms with Crippen LogP contribution in [0.4, 0.5) is 22.0 Å². The van der Waals surface area contributed by atoms with E-state index in [0.29, 0.717) is 25.7 Å². The zero-order valence-corrected chi connectivity index (χ0v) is 14.2. The summed E-state index contributed by atoms with van der Waals surface area (Å²) in [5.41, 5.74) is 0. The van der Waals surface area contributed by atoms with Gasteiger partial charge in [-0.3, -0.25) is 0 Å². The Bertz CT molecular complexity index is 507. The van der Waals surface area contributed by atoms with E-state index in [2.05, 4.69) is 0 Å². The van der Waals surface area contributed by atoms with E-state index in [1.54, 1.807) is 0 Å². The second-order valence-electron chi connectivity index (χ2n) is 4.85. The zero-order chi connectivity index (χ0) is 17.6. The van der Waals surface area contributed by atoms with Crippen LogP contribution in [-0.2, 0) is 8.85 Å². The quantitative estimate of drug-likeness (QED) is 0.217. The summed E-state index contributed by atoms with van der Waals surface area (Å²) in [6.07, 6.45) is 0.294. The molecule has 1 aromatic rings. The van der Waals surface area contributed by atoms with Crippen LogP contribution in [0.1, 0.15) is 20.3 Å². The molecule has 0 aliphatic rings. The summed E-state index contributed by atoms with van der Waals surface area (Å²) < 4.78 is 81.7. The Labute approximate surface area is 132 Å². The third kappa shape index (κ3) is 4.89. The summed E-state index contributed by atoms with van der Waals surface area (Å²) in [5.74, 6) is -11.5. The molecule has 0 atom stereocenters. The van der Waals surface area contributed by atoms with E-state index in [9.17, 15) is 22.0 Å². The van der Waals surface area contributed by atoms with Gasteiger partial charge in [-0.05, 0) is 32.9 Å². The number of hydrogen-bond acceptors (Lipinski definition) is 3. The van der Waals surface area contributed by atoms with Gasteiger partial charge in [-0.15, -0.1) is 0 Å². The van der Waals surface area contributed by atoms with Crippen molar-refractivity contribution in [2.24, 2.45) is 0 Å². The van der Waals surface area contributed by atoms with Crippen molar-refractivity contribution in [2.75, 3.05) is 19.8 Å². The Morgan fingerprint density at radius 2 is 1.22 bits per heavy atom. The number of halogens is 5. The minimum atomic E-state index is -2.42. The highest BCUT2D eigenvalue weighted by Gasteiger charge is 2.31. The molecule has 0 unspecified atom stereocenters. The van der Waals surface area contributed by atoms with Crippen molar-refractivity contribution in [1.82, 2.24) is 0 Å². The minimum absolute atomic E-state index is 0.221. The first kappa shape index (κ1) is 19.9. The minimum Gasteiger partial charge on any atom is -0.487 e. The lowest BCUT2D eigenvalue weighted by Crippen LogP contribution is -2.39. The molecular formula is C14H19F5O3Si. The summed E-state index contributed by atoms with van der Waals surface area (Å²) in [6.45, 7) is 6.16. The average Bonchev–Trinajstić information content (AvgIpc) is 2.51. The zero-order valence-electron chi connectivity index (χ0n) is 13.2. The molecule has 0 bridgehead atoms. The van der Waals surface area contributed by atoms with Crippen LogP contribution in [0.3, 0.4) is 0 Å². The number of hydrogen-bond donors (Lipinski definition) is 0. The number of benzene rings is 1. The fourth-order valence-electron chi connectivity index (χ4n) is 2.08. The van der Waals surface area contributed by atoms with Crippen LogP contribution in [-0.4, -0.2) is 28.4 Å². The summed E-state index contributed by atoms with van der Waals surface area (Å²) in [5, 5.41) is 0. The summed E-state index contributed by atoms with van der Waals surface area (Å²) in [6, 6.07) is 0.462. The molecule has 0 spiro atoms. The lowest BCUT2D eigenvalue weighted by Gasteiger charge is -2.25. The molecule has 0 aromatic heterocycles.